The smallest absolute Gasteiger partial charge is 0.293 e. The van der Waals surface area contributed by atoms with Crippen LogP contribution >= 0.6 is 0 Å². The lowest BCUT2D eigenvalue weighted by Gasteiger charge is -2.14. The van der Waals surface area contributed by atoms with E-state index in [0.717, 1.165) is 6.42 Å². The maximum absolute atomic E-state index is 11.9. The SMILES string of the molecule is CCCCCC(C)Nc1nccn(CC)c1=O. The number of rotatable bonds is 7. The van der Waals surface area contributed by atoms with Crippen molar-refractivity contribution in [2.45, 2.75) is 59.0 Å². The van der Waals surface area contributed by atoms with Gasteiger partial charge >= 0.3 is 0 Å². The number of anilines is 1. The minimum atomic E-state index is -0.0302. The molecule has 0 radical (unpaired) electrons. The Morgan fingerprint density at radius 1 is 1.41 bits per heavy atom. The predicted octanol–water partition coefficient (Wildman–Crippen LogP) is 2.64. The Balaban J connectivity index is 2.59. The molecule has 0 fully saturated rings. The molecule has 1 rings (SSSR count). The van der Waals surface area contributed by atoms with Gasteiger partial charge in [-0.25, -0.2) is 4.98 Å². The number of hydrogen-bond acceptors (Lipinski definition) is 3. The molecule has 96 valence electrons. The maximum atomic E-state index is 11.9. The summed E-state index contributed by atoms with van der Waals surface area (Å²) in [6.45, 7) is 6.92. The summed E-state index contributed by atoms with van der Waals surface area (Å²) in [5.74, 6) is 0.471. The topological polar surface area (TPSA) is 46.9 Å². The molecule has 0 aliphatic carbocycles. The summed E-state index contributed by atoms with van der Waals surface area (Å²) in [5, 5.41) is 3.20. The van der Waals surface area contributed by atoms with Crippen LogP contribution in [0.4, 0.5) is 5.82 Å². The van der Waals surface area contributed by atoms with Gasteiger partial charge in [0.2, 0.25) is 0 Å². The molecule has 0 saturated heterocycles. The van der Waals surface area contributed by atoms with E-state index >= 15 is 0 Å². The summed E-state index contributed by atoms with van der Waals surface area (Å²) >= 11 is 0. The van der Waals surface area contributed by atoms with Gasteiger partial charge < -0.3 is 9.88 Å². The molecule has 0 spiro atoms. The van der Waals surface area contributed by atoms with Crippen molar-refractivity contribution in [1.82, 2.24) is 9.55 Å². The second-order valence-electron chi connectivity index (χ2n) is 4.41. The summed E-state index contributed by atoms with van der Waals surface area (Å²) in [6.07, 6.45) is 8.13. The number of aromatic nitrogens is 2. The number of nitrogens with zero attached hydrogens (tertiary/aromatic N) is 2. The van der Waals surface area contributed by atoms with Crippen LogP contribution in [0.2, 0.25) is 0 Å². The number of aryl methyl sites for hydroxylation is 1. The molecule has 1 atom stereocenters. The van der Waals surface area contributed by atoms with Gasteiger partial charge in [0.15, 0.2) is 5.82 Å². The van der Waals surface area contributed by atoms with Crippen LogP contribution in [0.1, 0.15) is 46.5 Å². The van der Waals surface area contributed by atoms with Crippen molar-refractivity contribution in [3.05, 3.63) is 22.7 Å². The van der Waals surface area contributed by atoms with Crippen LogP contribution in [-0.4, -0.2) is 15.6 Å². The average Bonchev–Trinajstić information content (AvgIpc) is 2.32. The minimum Gasteiger partial charge on any atom is -0.363 e. The third-order valence-electron chi connectivity index (χ3n) is 2.88. The normalized spacial score (nSPS) is 12.4. The lowest BCUT2D eigenvalue weighted by Crippen LogP contribution is -2.27. The molecule has 0 aliphatic heterocycles. The molecule has 1 aromatic rings. The number of unbranched alkanes of at least 4 members (excludes halogenated alkanes) is 2. The minimum absolute atomic E-state index is 0.0302. The monoisotopic (exact) mass is 237 g/mol. The molecule has 0 saturated carbocycles. The van der Waals surface area contributed by atoms with Crippen molar-refractivity contribution in [3.8, 4) is 0 Å². The molecule has 1 unspecified atom stereocenters. The summed E-state index contributed by atoms with van der Waals surface area (Å²) < 4.78 is 1.66. The van der Waals surface area contributed by atoms with E-state index in [-0.39, 0.29) is 5.56 Å². The molecule has 0 aliphatic rings. The highest BCUT2D eigenvalue weighted by molar-refractivity contribution is 5.31. The van der Waals surface area contributed by atoms with Gasteiger partial charge in [0.1, 0.15) is 0 Å². The Morgan fingerprint density at radius 2 is 2.18 bits per heavy atom. The standard InChI is InChI=1S/C13H23N3O/c1-4-6-7-8-11(3)15-12-13(17)16(5-2)10-9-14-12/h9-11H,4-8H2,1-3H3,(H,14,15). The van der Waals surface area contributed by atoms with Gasteiger partial charge in [-0.15, -0.1) is 0 Å². The molecule has 4 nitrogen and oxygen atoms in total. The van der Waals surface area contributed by atoms with E-state index in [1.165, 1.54) is 19.3 Å². The molecule has 0 aromatic carbocycles. The fraction of sp³-hybridized carbons (Fsp3) is 0.692. The van der Waals surface area contributed by atoms with Crippen molar-refractivity contribution in [2.24, 2.45) is 0 Å². The van der Waals surface area contributed by atoms with E-state index in [1.807, 2.05) is 6.92 Å². The van der Waals surface area contributed by atoms with Gasteiger partial charge in [0.25, 0.3) is 5.56 Å². The van der Waals surface area contributed by atoms with Gasteiger partial charge in [-0.2, -0.15) is 0 Å². The van der Waals surface area contributed by atoms with Crippen LogP contribution in [0.25, 0.3) is 0 Å². The second-order valence-corrected chi connectivity index (χ2v) is 4.41. The molecular weight excluding hydrogens is 214 g/mol. The molecular formula is C13H23N3O. The summed E-state index contributed by atoms with van der Waals surface area (Å²) in [4.78, 5) is 16.0. The Kier molecular flexibility index (Phi) is 5.73. The van der Waals surface area contributed by atoms with Crippen molar-refractivity contribution in [1.29, 1.82) is 0 Å². The summed E-state index contributed by atoms with van der Waals surface area (Å²) in [5.41, 5.74) is -0.0302. The number of hydrogen-bond donors (Lipinski definition) is 1. The molecule has 1 N–H and O–H groups in total. The highest BCUT2D eigenvalue weighted by atomic mass is 16.1. The lowest BCUT2D eigenvalue weighted by molar-refractivity contribution is 0.611. The lowest BCUT2D eigenvalue weighted by atomic mass is 10.1. The third-order valence-corrected chi connectivity index (χ3v) is 2.88. The van der Waals surface area contributed by atoms with E-state index in [0.29, 0.717) is 18.4 Å². The van der Waals surface area contributed by atoms with E-state index in [9.17, 15) is 4.79 Å². The zero-order chi connectivity index (χ0) is 12.7. The van der Waals surface area contributed by atoms with Crippen LogP contribution in [0.15, 0.2) is 17.2 Å². The Hall–Kier alpha value is -1.32. The predicted molar refractivity (Wildman–Crippen MR) is 71.4 cm³/mol. The van der Waals surface area contributed by atoms with Crippen LogP contribution < -0.4 is 10.9 Å². The van der Waals surface area contributed by atoms with Crippen molar-refractivity contribution < 1.29 is 0 Å². The van der Waals surface area contributed by atoms with Crippen molar-refractivity contribution in [2.75, 3.05) is 5.32 Å². The Labute approximate surface area is 103 Å². The first-order chi connectivity index (χ1) is 8.19. The number of nitrogens with one attached hydrogen (secondary N) is 1. The first-order valence-electron chi connectivity index (χ1n) is 6.51. The molecule has 17 heavy (non-hydrogen) atoms. The fourth-order valence-electron chi connectivity index (χ4n) is 1.80. The average molecular weight is 237 g/mol. The van der Waals surface area contributed by atoms with Crippen LogP contribution in [0.5, 0.6) is 0 Å². The summed E-state index contributed by atoms with van der Waals surface area (Å²) in [7, 11) is 0. The van der Waals surface area contributed by atoms with Gasteiger partial charge in [0, 0.05) is 25.0 Å². The zero-order valence-electron chi connectivity index (χ0n) is 11.1. The van der Waals surface area contributed by atoms with Gasteiger partial charge in [-0.3, -0.25) is 4.79 Å². The first-order valence-corrected chi connectivity index (χ1v) is 6.51. The first kappa shape index (κ1) is 13.7. The molecule has 0 amide bonds. The molecule has 0 bridgehead atoms. The largest absolute Gasteiger partial charge is 0.363 e. The van der Waals surface area contributed by atoms with Crippen molar-refractivity contribution >= 4 is 5.82 Å². The van der Waals surface area contributed by atoms with Crippen molar-refractivity contribution in [3.63, 3.8) is 0 Å². The van der Waals surface area contributed by atoms with Gasteiger partial charge in [-0.05, 0) is 20.3 Å². The quantitative estimate of drug-likeness (QED) is 0.742. The second kappa shape index (κ2) is 7.09. The molecule has 1 aromatic heterocycles. The maximum Gasteiger partial charge on any atom is 0.293 e. The molecule has 4 heteroatoms. The fourth-order valence-corrected chi connectivity index (χ4v) is 1.80. The Bertz CT molecular complexity index is 386. The van der Waals surface area contributed by atoms with Gasteiger partial charge in [-0.1, -0.05) is 26.2 Å². The highest BCUT2D eigenvalue weighted by Crippen LogP contribution is 2.06. The van der Waals surface area contributed by atoms with E-state index < -0.39 is 0 Å². The van der Waals surface area contributed by atoms with E-state index in [2.05, 4.69) is 24.1 Å². The highest BCUT2D eigenvalue weighted by Gasteiger charge is 2.07. The van der Waals surface area contributed by atoms with E-state index in [4.69, 9.17) is 0 Å². The zero-order valence-corrected chi connectivity index (χ0v) is 11.1. The third kappa shape index (κ3) is 4.21. The Morgan fingerprint density at radius 3 is 2.82 bits per heavy atom. The summed E-state index contributed by atoms with van der Waals surface area (Å²) in [6, 6.07) is 0.300. The van der Waals surface area contributed by atoms with Crippen LogP contribution in [0, 0.1) is 0 Å². The van der Waals surface area contributed by atoms with Gasteiger partial charge in [0.05, 0.1) is 0 Å². The van der Waals surface area contributed by atoms with Crippen LogP contribution in [0.3, 0.4) is 0 Å². The molecule has 1 heterocycles. The van der Waals surface area contributed by atoms with Crippen LogP contribution in [-0.2, 0) is 6.54 Å². The van der Waals surface area contributed by atoms with E-state index in [1.54, 1.807) is 17.0 Å².